The Morgan fingerprint density at radius 2 is 1.47 bits per heavy atom. The van der Waals surface area contributed by atoms with E-state index in [1.165, 1.54) is 0 Å². The van der Waals surface area contributed by atoms with Gasteiger partial charge >= 0.3 is 0 Å². The van der Waals surface area contributed by atoms with E-state index in [9.17, 15) is 9.59 Å². The SMILES string of the molecule is CCC(NC(=O)c1c(CN2CC(C)N[C@@H](C)C2)n(-c2ccccc2)c(=O)c2ccccc12)c1ccccc1. The molecule has 0 aliphatic carbocycles. The lowest BCUT2D eigenvalue weighted by molar-refractivity contribution is 0.0933. The molecule has 1 aromatic heterocycles. The third-order valence-electron chi connectivity index (χ3n) is 7.35. The molecule has 5 rings (SSSR count). The van der Waals surface area contributed by atoms with Crippen molar-refractivity contribution in [2.45, 2.75) is 51.9 Å². The molecule has 1 fully saturated rings. The van der Waals surface area contributed by atoms with Crippen LogP contribution in [0.25, 0.3) is 16.5 Å². The first-order valence-electron chi connectivity index (χ1n) is 13.5. The zero-order valence-corrected chi connectivity index (χ0v) is 22.4. The molecule has 2 heterocycles. The van der Waals surface area contributed by atoms with Crippen LogP contribution < -0.4 is 16.2 Å². The number of fused-ring (bicyclic) bond motifs is 1. The molecule has 6 nitrogen and oxygen atoms in total. The highest BCUT2D eigenvalue weighted by atomic mass is 16.2. The maximum Gasteiger partial charge on any atom is 0.263 e. The van der Waals surface area contributed by atoms with Crippen molar-refractivity contribution < 1.29 is 4.79 Å². The first-order valence-corrected chi connectivity index (χ1v) is 13.5. The maximum atomic E-state index is 14.2. The van der Waals surface area contributed by atoms with Gasteiger partial charge in [-0.15, -0.1) is 0 Å². The lowest BCUT2D eigenvalue weighted by Gasteiger charge is -2.37. The highest BCUT2D eigenvalue weighted by molar-refractivity contribution is 6.08. The molecular weight excluding hydrogens is 472 g/mol. The zero-order chi connectivity index (χ0) is 26.6. The fourth-order valence-electron chi connectivity index (χ4n) is 5.77. The van der Waals surface area contributed by atoms with E-state index in [4.69, 9.17) is 0 Å². The van der Waals surface area contributed by atoms with Gasteiger partial charge in [-0.2, -0.15) is 0 Å². The van der Waals surface area contributed by atoms with Crippen molar-refractivity contribution in [1.29, 1.82) is 0 Å². The summed E-state index contributed by atoms with van der Waals surface area (Å²) in [5, 5.41) is 8.11. The fourth-order valence-corrected chi connectivity index (χ4v) is 5.77. The Kier molecular flexibility index (Phi) is 7.72. The Hall–Kier alpha value is -3.74. The summed E-state index contributed by atoms with van der Waals surface area (Å²) in [6.45, 7) is 8.59. The molecule has 6 heteroatoms. The van der Waals surface area contributed by atoms with Gasteiger partial charge < -0.3 is 10.6 Å². The van der Waals surface area contributed by atoms with Crippen molar-refractivity contribution in [3.63, 3.8) is 0 Å². The molecule has 2 unspecified atom stereocenters. The Bertz CT molecular complexity index is 1460. The number of hydrogen-bond donors (Lipinski definition) is 2. The summed E-state index contributed by atoms with van der Waals surface area (Å²) in [7, 11) is 0. The number of amides is 1. The standard InChI is InChI=1S/C32H36N4O2/c1-4-28(24-13-7-5-8-14-24)34-31(37)30-26-17-11-12-18-27(26)32(38)36(25-15-9-6-10-16-25)29(30)21-35-19-22(2)33-23(3)20-35/h5-18,22-23,28,33H,4,19-21H2,1-3H3,(H,34,37)/t22-,23?,28?/m0/s1. The van der Waals surface area contributed by atoms with Gasteiger partial charge in [0.15, 0.2) is 0 Å². The van der Waals surface area contributed by atoms with Crippen LogP contribution in [0.3, 0.4) is 0 Å². The topological polar surface area (TPSA) is 66.4 Å². The van der Waals surface area contributed by atoms with Crippen LogP contribution in [0.4, 0.5) is 0 Å². The largest absolute Gasteiger partial charge is 0.345 e. The van der Waals surface area contributed by atoms with Gasteiger partial charge in [-0.3, -0.25) is 19.1 Å². The van der Waals surface area contributed by atoms with Crippen LogP contribution in [0.2, 0.25) is 0 Å². The van der Waals surface area contributed by atoms with Crippen LogP contribution in [0.15, 0.2) is 89.7 Å². The van der Waals surface area contributed by atoms with Crippen LogP contribution in [0.5, 0.6) is 0 Å². The lowest BCUT2D eigenvalue weighted by Crippen LogP contribution is -2.54. The lowest BCUT2D eigenvalue weighted by atomic mass is 9.99. The molecule has 0 saturated carbocycles. The smallest absolute Gasteiger partial charge is 0.263 e. The van der Waals surface area contributed by atoms with Crippen molar-refractivity contribution in [3.8, 4) is 5.69 Å². The van der Waals surface area contributed by atoms with E-state index >= 15 is 0 Å². The van der Waals surface area contributed by atoms with Gasteiger partial charge in [0.05, 0.1) is 17.3 Å². The van der Waals surface area contributed by atoms with Crippen molar-refractivity contribution in [2.75, 3.05) is 13.1 Å². The van der Waals surface area contributed by atoms with Gasteiger partial charge in [-0.25, -0.2) is 0 Å². The Labute approximate surface area is 224 Å². The highest BCUT2D eigenvalue weighted by Gasteiger charge is 2.28. The third-order valence-corrected chi connectivity index (χ3v) is 7.35. The molecule has 3 atom stereocenters. The average molecular weight is 509 g/mol. The van der Waals surface area contributed by atoms with Crippen LogP contribution in [-0.2, 0) is 6.54 Å². The number of benzene rings is 3. The number of rotatable bonds is 7. The van der Waals surface area contributed by atoms with Gasteiger partial charge in [0.2, 0.25) is 0 Å². The van der Waals surface area contributed by atoms with Gasteiger partial charge in [0.1, 0.15) is 0 Å². The number of para-hydroxylation sites is 1. The maximum absolute atomic E-state index is 14.2. The molecule has 1 aliphatic heterocycles. The first kappa shape index (κ1) is 25.9. The molecule has 38 heavy (non-hydrogen) atoms. The Balaban J connectivity index is 1.70. The highest BCUT2D eigenvalue weighted by Crippen LogP contribution is 2.26. The van der Waals surface area contributed by atoms with E-state index in [2.05, 4.69) is 36.3 Å². The summed E-state index contributed by atoms with van der Waals surface area (Å²) in [6.07, 6.45) is 0.758. The number of carbonyl (C=O) groups is 1. The molecule has 196 valence electrons. The number of nitrogens with zero attached hydrogens (tertiary/aromatic N) is 2. The number of nitrogens with one attached hydrogen (secondary N) is 2. The summed E-state index contributed by atoms with van der Waals surface area (Å²) in [4.78, 5) is 30.6. The molecule has 3 aromatic carbocycles. The number of pyridine rings is 1. The number of hydrogen-bond acceptors (Lipinski definition) is 4. The molecule has 1 amide bonds. The molecular formula is C32H36N4O2. The fraction of sp³-hybridized carbons (Fsp3) is 0.312. The van der Waals surface area contributed by atoms with E-state index in [0.717, 1.165) is 36.5 Å². The molecule has 4 aromatic rings. The van der Waals surface area contributed by atoms with Crippen LogP contribution in [0.1, 0.15) is 54.8 Å². The first-order chi connectivity index (χ1) is 18.5. The van der Waals surface area contributed by atoms with Crippen molar-refractivity contribution >= 4 is 16.7 Å². The number of aromatic nitrogens is 1. The van der Waals surface area contributed by atoms with Crippen LogP contribution in [0, 0.1) is 0 Å². The summed E-state index contributed by atoms with van der Waals surface area (Å²) < 4.78 is 1.75. The van der Waals surface area contributed by atoms with Crippen LogP contribution >= 0.6 is 0 Å². The van der Waals surface area contributed by atoms with E-state index in [1.807, 2.05) is 84.9 Å². The van der Waals surface area contributed by atoms with Crippen molar-refractivity contribution in [3.05, 3.63) is 112 Å². The minimum absolute atomic E-state index is 0.107. The predicted octanol–water partition coefficient (Wildman–Crippen LogP) is 5.05. The van der Waals surface area contributed by atoms with Crippen molar-refractivity contribution in [1.82, 2.24) is 20.1 Å². The second-order valence-corrected chi connectivity index (χ2v) is 10.4. The van der Waals surface area contributed by atoms with E-state index in [-0.39, 0.29) is 17.5 Å². The van der Waals surface area contributed by atoms with Gasteiger partial charge in [0, 0.05) is 48.2 Å². The second kappa shape index (κ2) is 11.3. The number of carbonyl (C=O) groups excluding carboxylic acids is 1. The Morgan fingerprint density at radius 1 is 0.895 bits per heavy atom. The summed E-state index contributed by atoms with van der Waals surface area (Å²) in [6, 6.07) is 27.7. The van der Waals surface area contributed by atoms with Gasteiger partial charge in [-0.05, 0) is 44.0 Å². The summed E-state index contributed by atoms with van der Waals surface area (Å²) in [5.41, 5.74) is 3.01. The molecule has 0 bridgehead atoms. The predicted molar refractivity (Wildman–Crippen MR) is 154 cm³/mol. The molecule has 2 N–H and O–H groups in total. The molecule has 0 spiro atoms. The van der Waals surface area contributed by atoms with E-state index in [0.29, 0.717) is 35.0 Å². The Morgan fingerprint density at radius 3 is 2.11 bits per heavy atom. The summed E-state index contributed by atoms with van der Waals surface area (Å²) in [5.74, 6) is -0.159. The van der Waals surface area contributed by atoms with Crippen molar-refractivity contribution in [2.24, 2.45) is 0 Å². The summed E-state index contributed by atoms with van der Waals surface area (Å²) >= 11 is 0. The quantitative estimate of drug-likeness (QED) is 0.367. The normalized spacial score (nSPS) is 18.8. The second-order valence-electron chi connectivity index (χ2n) is 10.4. The number of piperazine rings is 1. The van der Waals surface area contributed by atoms with E-state index in [1.54, 1.807) is 4.57 Å². The van der Waals surface area contributed by atoms with Gasteiger partial charge in [-0.1, -0.05) is 73.7 Å². The third kappa shape index (κ3) is 5.28. The van der Waals surface area contributed by atoms with E-state index < -0.39 is 0 Å². The molecule has 0 radical (unpaired) electrons. The molecule has 1 saturated heterocycles. The average Bonchev–Trinajstić information content (AvgIpc) is 2.92. The minimum Gasteiger partial charge on any atom is -0.345 e. The van der Waals surface area contributed by atoms with Crippen LogP contribution in [-0.4, -0.2) is 40.5 Å². The molecule has 1 aliphatic rings. The zero-order valence-electron chi connectivity index (χ0n) is 22.4. The van der Waals surface area contributed by atoms with Gasteiger partial charge in [0.25, 0.3) is 11.5 Å². The monoisotopic (exact) mass is 508 g/mol. The minimum atomic E-state index is -0.159.